The first-order chi connectivity index (χ1) is 24.7. The Balaban J connectivity index is -0.000000719. The van der Waals surface area contributed by atoms with Crippen LogP contribution in [0.3, 0.4) is 0 Å². The normalized spacial score (nSPS) is 13.8. The van der Waals surface area contributed by atoms with E-state index in [0.29, 0.717) is 28.2 Å². The van der Waals surface area contributed by atoms with Crippen LogP contribution < -0.4 is 11.1 Å². The molecule has 0 radical (unpaired) electrons. The van der Waals surface area contributed by atoms with Crippen LogP contribution in [0.15, 0.2) is 0 Å². The summed E-state index contributed by atoms with van der Waals surface area (Å²) in [5.74, 6) is -3.66. The van der Waals surface area contributed by atoms with Crippen LogP contribution in [0.25, 0.3) is 0 Å². The van der Waals surface area contributed by atoms with Crippen molar-refractivity contribution in [3.05, 3.63) is 0 Å². The van der Waals surface area contributed by atoms with Crippen LogP contribution in [-0.2, 0) is 51.9 Å². The van der Waals surface area contributed by atoms with Crippen molar-refractivity contribution in [3.63, 3.8) is 0 Å². The molecule has 0 aliphatic carbocycles. The average Bonchev–Trinajstić information content (AvgIpc) is 3.37. The van der Waals surface area contributed by atoms with Crippen molar-refractivity contribution < 1.29 is 51.9 Å². The zero-order valence-electron chi connectivity index (χ0n) is 35.7. The standard InChI is InChI=1S/C16H33NO4Si.C10H13NO6.C9H23NOSi.C2H6/c1-12(2)21-16(19)11-15(18)17-9-8-10-22(20-7,13(3)4)14(5)6;1-6(2)16-9(14)5-10(15)17-11-7(12)3-4-8(11)13;1-5-12(11-4,9(2)3)8-6-7-10;1-2/h12-14H,8-11H2,1-7H3,(H,17,18);6H,3-5H2,1-2H3;9H,5-8,10H2,1-4H3;1-2H3. The molecule has 53 heavy (non-hydrogen) atoms. The summed E-state index contributed by atoms with van der Waals surface area (Å²) in [7, 11) is 0.465. The number of hydrogen-bond acceptors (Lipinski definition) is 12. The fraction of sp³-hybridized carbons (Fsp3) is 0.838. The Kier molecular flexibility index (Phi) is 30.6. The summed E-state index contributed by atoms with van der Waals surface area (Å²) >= 11 is 0. The Morgan fingerprint density at radius 3 is 1.55 bits per heavy atom. The van der Waals surface area contributed by atoms with E-state index in [-0.39, 0.29) is 37.4 Å². The van der Waals surface area contributed by atoms with Gasteiger partial charge in [0.2, 0.25) is 5.91 Å². The molecule has 1 atom stereocenters. The number of hydroxylamine groups is 2. The van der Waals surface area contributed by atoms with Gasteiger partial charge in [-0.1, -0.05) is 62.3 Å². The number of rotatable bonds is 20. The lowest BCUT2D eigenvalue weighted by Crippen LogP contribution is -2.44. The number of nitrogens with zero attached hydrogens (tertiary/aromatic N) is 1. The van der Waals surface area contributed by atoms with Crippen LogP contribution in [0.1, 0.15) is 129 Å². The molecule has 3 N–H and O–H groups in total. The molecular weight excluding hydrogens is 719 g/mol. The highest BCUT2D eigenvalue weighted by Crippen LogP contribution is 2.37. The van der Waals surface area contributed by atoms with Crippen molar-refractivity contribution in [1.82, 2.24) is 10.4 Å². The van der Waals surface area contributed by atoms with Crippen LogP contribution in [0.5, 0.6) is 0 Å². The Morgan fingerprint density at radius 1 is 0.717 bits per heavy atom. The second kappa shape index (κ2) is 29.7. The van der Waals surface area contributed by atoms with Crippen molar-refractivity contribution in [1.29, 1.82) is 0 Å². The molecule has 1 rings (SSSR count). The smallest absolute Gasteiger partial charge is 0.344 e. The topological polar surface area (TPSA) is 190 Å². The number of carbonyl (C=O) groups is 6. The second-order valence-corrected chi connectivity index (χ2v) is 24.1. The number of esters is 2. The zero-order chi connectivity index (χ0) is 41.9. The molecule has 0 aromatic carbocycles. The summed E-state index contributed by atoms with van der Waals surface area (Å²) < 4.78 is 21.3. The predicted octanol–water partition coefficient (Wildman–Crippen LogP) is 6.56. The van der Waals surface area contributed by atoms with E-state index in [9.17, 15) is 28.8 Å². The second-order valence-electron chi connectivity index (χ2n) is 14.1. The maximum Gasteiger partial charge on any atom is 0.344 e. The number of nitrogens with one attached hydrogen (secondary N) is 1. The van der Waals surface area contributed by atoms with Gasteiger partial charge in [0, 0.05) is 33.6 Å². The minimum absolute atomic E-state index is 0.0164. The molecule has 312 valence electrons. The summed E-state index contributed by atoms with van der Waals surface area (Å²) in [6.45, 7) is 27.8. The SMILES string of the molecule is CC.CC(C)OC(=O)CC(=O)ON1C(=O)CCC1=O.CC[Si](CCCN)(OC)C(C)C.CO[Si](CCCNC(=O)CC(=O)OC(C)C)(C(C)C)C(C)C. The monoisotopic (exact) mass is 793 g/mol. The third-order valence-electron chi connectivity index (χ3n) is 8.79. The number of carbonyl (C=O) groups excluding carboxylic acids is 6. The van der Waals surface area contributed by atoms with Crippen molar-refractivity contribution >= 4 is 52.3 Å². The Bertz CT molecular complexity index is 1060. The van der Waals surface area contributed by atoms with Crippen LogP contribution in [0, 0.1) is 0 Å². The first kappa shape index (κ1) is 54.7. The summed E-state index contributed by atoms with van der Waals surface area (Å²) in [4.78, 5) is 72.0. The minimum atomic E-state index is -1.79. The quantitative estimate of drug-likeness (QED) is 0.0444. The molecule has 1 unspecified atom stereocenters. The maximum absolute atomic E-state index is 11.7. The van der Waals surface area contributed by atoms with E-state index in [1.54, 1.807) is 27.7 Å². The van der Waals surface area contributed by atoms with Gasteiger partial charge in [-0.05, 0) is 81.8 Å². The molecule has 0 spiro atoms. The van der Waals surface area contributed by atoms with Crippen molar-refractivity contribution in [3.8, 4) is 0 Å². The third kappa shape index (κ3) is 22.3. The lowest BCUT2D eigenvalue weighted by Gasteiger charge is -2.37. The predicted molar refractivity (Wildman–Crippen MR) is 212 cm³/mol. The van der Waals surface area contributed by atoms with E-state index in [0.717, 1.165) is 25.4 Å². The van der Waals surface area contributed by atoms with Gasteiger partial charge in [0.25, 0.3) is 11.8 Å². The summed E-state index contributed by atoms with van der Waals surface area (Å²) in [6, 6.07) is 3.44. The molecule has 1 heterocycles. The number of ether oxygens (including phenoxy) is 2. The van der Waals surface area contributed by atoms with Crippen LogP contribution in [-0.4, -0.2) is 96.8 Å². The number of imide groups is 1. The summed E-state index contributed by atoms with van der Waals surface area (Å²) in [5.41, 5.74) is 7.29. The van der Waals surface area contributed by atoms with Gasteiger partial charge in [0.05, 0.1) is 12.2 Å². The van der Waals surface area contributed by atoms with E-state index in [1.165, 1.54) is 12.1 Å². The molecule has 3 amide bonds. The van der Waals surface area contributed by atoms with Crippen LogP contribution in [0.2, 0.25) is 34.8 Å². The fourth-order valence-electron chi connectivity index (χ4n) is 5.88. The molecule has 1 aliphatic rings. The molecular formula is C37H75N3O11Si2. The average molecular weight is 794 g/mol. The van der Waals surface area contributed by atoms with Crippen molar-refractivity contribution in [2.24, 2.45) is 5.73 Å². The van der Waals surface area contributed by atoms with Gasteiger partial charge < -0.3 is 34.2 Å². The van der Waals surface area contributed by atoms with E-state index in [4.69, 9.17) is 24.1 Å². The Hall–Kier alpha value is -2.67. The highest BCUT2D eigenvalue weighted by Gasteiger charge is 2.40. The zero-order valence-corrected chi connectivity index (χ0v) is 37.7. The van der Waals surface area contributed by atoms with Crippen LogP contribution in [0.4, 0.5) is 0 Å². The molecule has 1 aliphatic heterocycles. The molecule has 1 fully saturated rings. The molecule has 0 saturated carbocycles. The molecule has 0 bridgehead atoms. The highest BCUT2D eigenvalue weighted by molar-refractivity contribution is 6.76. The fourth-order valence-corrected chi connectivity index (χ4v) is 13.8. The minimum Gasteiger partial charge on any atom is -0.463 e. The van der Waals surface area contributed by atoms with E-state index < -0.39 is 52.8 Å². The largest absolute Gasteiger partial charge is 0.463 e. The van der Waals surface area contributed by atoms with Crippen LogP contribution >= 0.6 is 0 Å². The van der Waals surface area contributed by atoms with Crippen molar-refractivity contribution in [2.75, 3.05) is 27.3 Å². The summed E-state index contributed by atoms with van der Waals surface area (Å²) in [6.07, 6.45) is 0.656. The van der Waals surface area contributed by atoms with Gasteiger partial charge in [-0.25, -0.2) is 4.79 Å². The van der Waals surface area contributed by atoms with Gasteiger partial charge in [-0.3, -0.25) is 24.0 Å². The number of nitrogens with two attached hydrogens (primary N) is 1. The molecule has 0 aromatic heterocycles. The Morgan fingerprint density at radius 2 is 1.19 bits per heavy atom. The lowest BCUT2D eigenvalue weighted by molar-refractivity contribution is -0.198. The van der Waals surface area contributed by atoms with E-state index in [2.05, 4.69) is 58.6 Å². The Labute approximate surface area is 322 Å². The van der Waals surface area contributed by atoms with Crippen molar-refractivity contribution in [2.45, 2.75) is 175 Å². The van der Waals surface area contributed by atoms with E-state index in [1.807, 2.05) is 28.1 Å². The lowest BCUT2D eigenvalue weighted by atomic mass is 10.3. The molecule has 16 heteroatoms. The molecule has 1 saturated heterocycles. The van der Waals surface area contributed by atoms with Gasteiger partial charge in [0.1, 0.15) is 12.8 Å². The maximum atomic E-state index is 11.7. The highest BCUT2D eigenvalue weighted by atomic mass is 28.4. The first-order valence-corrected chi connectivity index (χ1v) is 23.9. The van der Waals surface area contributed by atoms with Gasteiger partial charge in [-0.2, -0.15) is 0 Å². The third-order valence-corrected chi connectivity index (χ3v) is 19.9. The van der Waals surface area contributed by atoms with Gasteiger partial charge in [0.15, 0.2) is 16.6 Å². The molecule has 14 nitrogen and oxygen atoms in total. The number of hydrogen-bond donors (Lipinski definition) is 2. The summed E-state index contributed by atoms with van der Waals surface area (Å²) in [5, 5.41) is 3.18. The van der Waals surface area contributed by atoms with E-state index >= 15 is 0 Å². The number of amides is 3. The van der Waals surface area contributed by atoms with Gasteiger partial charge >= 0.3 is 17.9 Å². The molecule has 0 aromatic rings. The van der Waals surface area contributed by atoms with Gasteiger partial charge in [-0.15, -0.1) is 5.06 Å². The first-order valence-electron chi connectivity index (χ1n) is 19.2.